The van der Waals surface area contributed by atoms with E-state index in [0.29, 0.717) is 0 Å². The van der Waals surface area contributed by atoms with E-state index >= 15 is 0 Å². The number of rotatable bonds is 5. The van der Waals surface area contributed by atoms with Gasteiger partial charge >= 0.3 is 0 Å². The molecule has 15 rings (SSSR count). The van der Waals surface area contributed by atoms with E-state index in [2.05, 4.69) is 252 Å². The molecule has 0 spiro atoms. The quantitative estimate of drug-likeness (QED) is 0.157. The number of hydrogen-bond acceptors (Lipinski definition) is 1. The third-order valence-electron chi connectivity index (χ3n) is 15.7. The highest BCUT2D eigenvalue weighted by Crippen LogP contribution is 2.58. The molecule has 0 atom stereocenters. The van der Waals surface area contributed by atoms with Gasteiger partial charge < -0.3 is 13.7 Å². The first kappa shape index (κ1) is 36.9. The normalized spacial score (nSPS) is 14.4. The summed E-state index contributed by atoms with van der Waals surface area (Å²) >= 11 is 0. The lowest BCUT2D eigenvalue weighted by Gasteiger charge is -2.35. The first-order valence-corrected chi connectivity index (χ1v) is 23.5. The van der Waals surface area contributed by atoms with Crippen LogP contribution in [0.15, 0.2) is 224 Å². The fourth-order valence-electron chi connectivity index (χ4n) is 12.9. The predicted molar refractivity (Wildman–Crippen MR) is 279 cm³/mol. The molecular weight excluding hydrogens is 811 g/mol. The Morgan fingerprint density at radius 2 is 0.761 bits per heavy atom. The van der Waals surface area contributed by atoms with Gasteiger partial charge in [0.05, 0.1) is 38.5 Å². The fourth-order valence-corrected chi connectivity index (χ4v) is 12.9. The van der Waals surface area contributed by atoms with Crippen molar-refractivity contribution in [3.63, 3.8) is 0 Å². The van der Waals surface area contributed by atoms with Gasteiger partial charge in [0.1, 0.15) is 0 Å². The number of hydrogen-bond donors (Lipinski definition) is 0. The van der Waals surface area contributed by atoms with Crippen molar-refractivity contribution in [1.82, 2.24) is 8.80 Å². The molecule has 0 saturated heterocycles. The Bertz CT molecular complexity index is 4150. The lowest BCUT2D eigenvalue weighted by atomic mass is 9.67. The second kappa shape index (κ2) is 13.1. The Morgan fingerprint density at radius 3 is 1.39 bits per heavy atom. The molecule has 0 bridgehead atoms. The summed E-state index contributed by atoms with van der Waals surface area (Å²) in [5.74, 6) is 0. The van der Waals surface area contributed by atoms with Gasteiger partial charge in [-0.2, -0.15) is 0 Å². The highest BCUT2D eigenvalue weighted by molar-refractivity contribution is 6.25. The van der Waals surface area contributed by atoms with Crippen molar-refractivity contribution in [2.24, 2.45) is 0 Å². The predicted octanol–water partition coefficient (Wildman–Crippen LogP) is 16.4. The average molecular weight is 854 g/mol. The second-order valence-electron chi connectivity index (χ2n) is 19.2. The van der Waals surface area contributed by atoms with Crippen LogP contribution in [0.2, 0.25) is 0 Å². The maximum atomic E-state index is 2.54. The van der Waals surface area contributed by atoms with Crippen molar-refractivity contribution >= 4 is 71.7 Å². The zero-order valence-corrected chi connectivity index (χ0v) is 37.2. The van der Waals surface area contributed by atoms with E-state index < -0.39 is 5.41 Å². The summed E-state index contributed by atoms with van der Waals surface area (Å²) in [4.78, 5) is 2.52. The van der Waals surface area contributed by atoms with Crippen molar-refractivity contribution < 1.29 is 0 Å². The van der Waals surface area contributed by atoms with Crippen LogP contribution >= 0.6 is 0 Å². The summed E-state index contributed by atoms with van der Waals surface area (Å²) in [6.45, 7) is 4.76. The van der Waals surface area contributed by atoms with Crippen molar-refractivity contribution in [1.29, 1.82) is 0 Å². The monoisotopic (exact) mass is 853 g/mol. The molecule has 3 nitrogen and oxygen atoms in total. The molecule has 0 saturated carbocycles. The number of anilines is 3. The van der Waals surface area contributed by atoms with Crippen molar-refractivity contribution in [3.8, 4) is 22.3 Å². The molecule has 2 aliphatic rings. The molecule has 0 unspecified atom stereocenters. The van der Waals surface area contributed by atoms with Crippen molar-refractivity contribution in [3.05, 3.63) is 258 Å². The molecule has 3 aromatic heterocycles. The molecule has 3 heteroatoms. The third-order valence-corrected chi connectivity index (χ3v) is 15.7. The van der Waals surface area contributed by atoms with E-state index in [1.165, 1.54) is 110 Å². The summed E-state index contributed by atoms with van der Waals surface area (Å²) in [5.41, 5.74) is 23.0. The number of nitrogens with zero attached hydrogens (tertiary/aromatic N) is 3. The molecule has 0 amide bonds. The van der Waals surface area contributed by atoms with Gasteiger partial charge in [-0.3, -0.25) is 0 Å². The highest BCUT2D eigenvalue weighted by atomic mass is 15.1. The first-order valence-electron chi connectivity index (χ1n) is 23.5. The highest BCUT2D eigenvalue weighted by Gasteiger charge is 2.46. The van der Waals surface area contributed by atoms with Gasteiger partial charge in [0.15, 0.2) is 0 Å². The second-order valence-corrected chi connectivity index (χ2v) is 19.2. The number of benzene rings is 10. The smallest absolute Gasteiger partial charge is 0.0789 e. The van der Waals surface area contributed by atoms with Gasteiger partial charge in [0.2, 0.25) is 0 Å². The average Bonchev–Trinajstić information content (AvgIpc) is 4.07. The van der Waals surface area contributed by atoms with E-state index in [1.807, 2.05) is 0 Å². The van der Waals surface area contributed by atoms with Gasteiger partial charge in [-0.25, -0.2) is 0 Å². The van der Waals surface area contributed by atoms with Gasteiger partial charge in [0, 0.05) is 44.0 Å². The maximum Gasteiger partial charge on any atom is 0.0789 e. The molecule has 13 aromatic rings. The maximum absolute atomic E-state index is 2.54. The number of aromatic nitrogens is 2. The summed E-state index contributed by atoms with van der Waals surface area (Å²) in [6.07, 6.45) is 0. The minimum atomic E-state index is -0.534. The third kappa shape index (κ3) is 4.65. The molecule has 2 aliphatic carbocycles. The SMILES string of the molecule is CC1(C)c2ccccc2-c2ccc(N(c3ccc4c(c3)C(c3ccccc3)(c3ccccc3)c3ccccc3-4)c3ccc4c(c3)n3c5ccccc5c5ccc6c7ccccc7n4c6c53)cc21. The largest absolute Gasteiger partial charge is 0.310 e. The van der Waals surface area contributed by atoms with Gasteiger partial charge in [-0.15, -0.1) is 0 Å². The lowest BCUT2D eigenvalue weighted by molar-refractivity contribution is 0.660. The standard InChI is InChI=1S/C64H43N3/c1-63(2)53-25-13-9-21-45(53)47-32-29-42(37-55(47)63)65(43-30-33-48-46-22-10-14-26-54(46)64(56(48)38-43,40-17-5-3-6-18-40)41-19-7-4-8-20-41)44-31-36-59-60(39-44)67-58-28-16-12-24-50(58)52-35-34-51-49-23-11-15-27-57(49)66(59)61(51)62(52)67/h3-39H,1-2H3. The molecule has 314 valence electrons. The van der Waals surface area contributed by atoms with E-state index in [0.717, 1.165) is 17.1 Å². The van der Waals surface area contributed by atoms with Crippen LogP contribution in [-0.4, -0.2) is 8.80 Å². The Kier molecular flexibility index (Phi) is 7.22. The topological polar surface area (TPSA) is 12.1 Å². The Morgan fingerprint density at radius 1 is 0.313 bits per heavy atom. The van der Waals surface area contributed by atoms with Gasteiger partial charge in [-0.05, 0) is 110 Å². The van der Waals surface area contributed by atoms with Crippen molar-refractivity contribution in [2.45, 2.75) is 24.7 Å². The van der Waals surface area contributed by atoms with Crippen LogP contribution < -0.4 is 4.90 Å². The molecule has 0 fully saturated rings. The zero-order chi connectivity index (χ0) is 44.2. The zero-order valence-electron chi connectivity index (χ0n) is 37.2. The van der Waals surface area contributed by atoms with Crippen LogP contribution in [-0.2, 0) is 10.8 Å². The van der Waals surface area contributed by atoms with E-state index in [1.54, 1.807) is 0 Å². The Labute approximate surface area is 388 Å². The Hall–Kier alpha value is -8.40. The van der Waals surface area contributed by atoms with Gasteiger partial charge in [0.25, 0.3) is 0 Å². The summed E-state index contributed by atoms with van der Waals surface area (Å²) in [6, 6.07) is 84.4. The van der Waals surface area contributed by atoms with E-state index in [4.69, 9.17) is 0 Å². The molecule has 67 heavy (non-hydrogen) atoms. The van der Waals surface area contributed by atoms with Crippen LogP contribution in [0.1, 0.15) is 47.2 Å². The lowest BCUT2D eigenvalue weighted by Crippen LogP contribution is -2.28. The van der Waals surface area contributed by atoms with Crippen LogP contribution in [0, 0.1) is 0 Å². The molecule has 3 heterocycles. The number of fused-ring (bicyclic) bond motifs is 15. The first-order chi connectivity index (χ1) is 33.0. The van der Waals surface area contributed by atoms with E-state index in [9.17, 15) is 0 Å². The summed E-state index contributed by atoms with van der Waals surface area (Å²) in [5, 5.41) is 5.10. The van der Waals surface area contributed by atoms with Crippen LogP contribution in [0.25, 0.3) is 76.9 Å². The molecule has 0 N–H and O–H groups in total. The molecule has 0 radical (unpaired) electrons. The van der Waals surface area contributed by atoms with Crippen LogP contribution in [0.3, 0.4) is 0 Å². The summed E-state index contributed by atoms with van der Waals surface area (Å²) in [7, 11) is 0. The van der Waals surface area contributed by atoms with Crippen molar-refractivity contribution in [2.75, 3.05) is 4.90 Å². The molecule has 10 aromatic carbocycles. The molecule has 0 aliphatic heterocycles. The van der Waals surface area contributed by atoms with Gasteiger partial charge in [-0.1, -0.05) is 184 Å². The minimum Gasteiger partial charge on any atom is -0.310 e. The summed E-state index contributed by atoms with van der Waals surface area (Å²) < 4.78 is 5.06. The van der Waals surface area contributed by atoms with E-state index in [-0.39, 0.29) is 5.41 Å². The van der Waals surface area contributed by atoms with Crippen LogP contribution in [0.4, 0.5) is 17.1 Å². The Balaban J connectivity index is 1.05. The van der Waals surface area contributed by atoms with Crippen LogP contribution in [0.5, 0.6) is 0 Å². The minimum absolute atomic E-state index is 0.168. The number of para-hydroxylation sites is 2. The fraction of sp³-hybridized carbons (Fsp3) is 0.0625. The molecular formula is C64H43N3.